The number of imidazole rings is 1. The molecule has 4 heteroatoms. The first kappa shape index (κ1) is 14.1. The molecule has 0 radical (unpaired) electrons. The summed E-state index contributed by atoms with van der Waals surface area (Å²) in [5, 5.41) is 3.00. The Balaban J connectivity index is 1.49. The van der Waals surface area contributed by atoms with Gasteiger partial charge in [-0.05, 0) is 18.8 Å². The lowest BCUT2D eigenvalue weighted by atomic mass is 9.86. The quantitative estimate of drug-likeness (QED) is 0.743. The number of carbonyl (C=O) groups excluding carboxylic acids is 1. The Hall–Kier alpha value is -1.32. The van der Waals surface area contributed by atoms with Crippen LogP contribution in [-0.4, -0.2) is 22.4 Å². The first-order valence-corrected chi connectivity index (χ1v) is 7.59. The maximum atomic E-state index is 11.7. The molecule has 1 aliphatic rings. The maximum absolute atomic E-state index is 11.7. The van der Waals surface area contributed by atoms with Crippen molar-refractivity contribution >= 4 is 5.91 Å². The van der Waals surface area contributed by atoms with Gasteiger partial charge in [0, 0.05) is 31.8 Å². The van der Waals surface area contributed by atoms with Gasteiger partial charge in [0.15, 0.2) is 0 Å². The molecular weight excluding hydrogens is 238 g/mol. The lowest BCUT2D eigenvalue weighted by Crippen LogP contribution is -2.25. The van der Waals surface area contributed by atoms with Crippen LogP contribution in [0.2, 0.25) is 0 Å². The van der Waals surface area contributed by atoms with E-state index < -0.39 is 0 Å². The Morgan fingerprint density at radius 2 is 2.21 bits per heavy atom. The van der Waals surface area contributed by atoms with Crippen molar-refractivity contribution in [2.75, 3.05) is 6.54 Å². The van der Waals surface area contributed by atoms with Crippen LogP contribution < -0.4 is 5.32 Å². The predicted octanol–water partition coefficient (Wildman–Crippen LogP) is 2.82. The molecule has 2 N–H and O–H groups in total. The van der Waals surface area contributed by atoms with Gasteiger partial charge in [0.1, 0.15) is 5.82 Å². The Bertz CT molecular complexity index is 355. The van der Waals surface area contributed by atoms with Crippen molar-refractivity contribution in [2.24, 2.45) is 5.92 Å². The van der Waals surface area contributed by atoms with Gasteiger partial charge >= 0.3 is 0 Å². The van der Waals surface area contributed by atoms with Gasteiger partial charge in [0.25, 0.3) is 0 Å². The number of aromatic nitrogens is 2. The number of hydrogen-bond acceptors (Lipinski definition) is 2. The fourth-order valence-corrected chi connectivity index (χ4v) is 2.82. The monoisotopic (exact) mass is 263 g/mol. The van der Waals surface area contributed by atoms with Crippen LogP contribution in [0.3, 0.4) is 0 Å². The molecule has 1 fully saturated rings. The van der Waals surface area contributed by atoms with Crippen molar-refractivity contribution in [2.45, 2.75) is 57.8 Å². The van der Waals surface area contributed by atoms with Gasteiger partial charge in [-0.15, -0.1) is 0 Å². The lowest BCUT2D eigenvalue weighted by Gasteiger charge is -2.20. The Labute approximate surface area is 115 Å². The van der Waals surface area contributed by atoms with Gasteiger partial charge in [-0.3, -0.25) is 4.79 Å². The first-order valence-electron chi connectivity index (χ1n) is 7.59. The van der Waals surface area contributed by atoms with Crippen molar-refractivity contribution in [1.82, 2.24) is 15.3 Å². The molecule has 0 spiro atoms. The summed E-state index contributed by atoms with van der Waals surface area (Å²) in [5.74, 6) is 2.00. The molecule has 1 aromatic heterocycles. The Morgan fingerprint density at radius 3 is 2.95 bits per heavy atom. The van der Waals surface area contributed by atoms with Crippen molar-refractivity contribution in [1.29, 1.82) is 0 Å². The molecule has 1 heterocycles. The van der Waals surface area contributed by atoms with Crippen LogP contribution >= 0.6 is 0 Å². The summed E-state index contributed by atoms with van der Waals surface area (Å²) in [6.07, 6.45) is 14.0. The molecule has 0 aliphatic heterocycles. The molecule has 1 saturated carbocycles. The van der Waals surface area contributed by atoms with Crippen LogP contribution in [-0.2, 0) is 11.2 Å². The number of aromatic amines is 1. The van der Waals surface area contributed by atoms with Crippen LogP contribution in [0.4, 0.5) is 0 Å². The highest BCUT2D eigenvalue weighted by molar-refractivity contribution is 5.75. The van der Waals surface area contributed by atoms with E-state index in [0.717, 1.165) is 37.5 Å². The maximum Gasteiger partial charge on any atom is 0.220 e. The summed E-state index contributed by atoms with van der Waals surface area (Å²) in [7, 11) is 0. The number of amides is 1. The number of rotatable bonds is 7. The van der Waals surface area contributed by atoms with Crippen molar-refractivity contribution in [3.8, 4) is 0 Å². The van der Waals surface area contributed by atoms with Gasteiger partial charge in [-0.1, -0.05) is 32.1 Å². The summed E-state index contributed by atoms with van der Waals surface area (Å²) in [5.41, 5.74) is 0. The van der Waals surface area contributed by atoms with E-state index in [1.807, 2.05) is 6.20 Å². The van der Waals surface area contributed by atoms with E-state index in [9.17, 15) is 4.79 Å². The van der Waals surface area contributed by atoms with Crippen molar-refractivity contribution < 1.29 is 4.79 Å². The zero-order valence-corrected chi connectivity index (χ0v) is 11.7. The van der Waals surface area contributed by atoms with Crippen LogP contribution in [0.1, 0.15) is 57.2 Å². The molecule has 4 nitrogen and oxygen atoms in total. The van der Waals surface area contributed by atoms with Gasteiger partial charge in [-0.25, -0.2) is 4.98 Å². The van der Waals surface area contributed by atoms with E-state index >= 15 is 0 Å². The first-order chi connectivity index (χ1) is 9.34. The minimum absolute atomic E-state index is 0.213. The second-order valence-electron chi connectivity index (χ2n) is 5.53. The molecule has 0 atom stereocenters. The zero-order chi connectivity index (χ0) is 13.3. The normalized spacial score (nSPS) is 16.4. The van der Waals surface area contributed by atoms with Crippen LogP contribution in [0.25, 0.3) is 0 Å². The highest BCUT2D eigenvalue weighted by Gasteiger charge is 2.14. The molecule has 19 heavy (non-hydrogen) atoms. The standard InChI is InChI=1S/C15H25N3O/c19-15(9-8-13-5-2-1-3-6-13)18-10-4-7-14-16-11-12-17-14/h11-13H,1-10H2,(H,16,17)(H,18,19). The molecule has 2 rings (SSSR count). The van der Waals surface area contributed by atoms with Crippen LogP contribution in [0.15, 0.2) is 12.4 Å². The molecule has 1 aromatic rings. The fraction of sp³-hybridized carbons (Fsp3) is 0.733. The van der Waals surface area contributed by atoms with Gasteiger partial charge in [0.05, 0.1) is 0 Å². The second-order valence-corrected chi connectivity index (χ2v) is 5.53. The molecule has 0 saturated heterocycles. The van der Waals surface area contributed by atoms with Crippen LogP contribution in [0, 0.1) is 5.92 Å². The number of nitrogens with one attached hydrogen (secondary N) is 2. The van der Waals surface area contributed by atoms with E-state index in [-0.39, 0.29) is 5.91 Å². The summed E-state index contributed by atoms with van der Waals surface area (Å²) in [6, 6.07) is 0. The third kappa shape index (κ3) is 5.45. The van der Waals surface area contributed by atoms with Gasteiger partial charge in [-0.2, -0.15) is 0 Å². The van der Waals surface area contributed by atoms with Crippen molar-refractivity contribution in [3.05, 3.63) is 18.2 Å². The van der Waals surface area contributed by atoms with E-state index in [2.05, 4.69) is 15.3 Å². The summed E-state index contributed by atoms with van der Waals surface area (Å²) >= 11 is 0. The molecular formula is C15H25N3O. The topological polar surface area (TPSA) is 57.8 Å². The second kappa shape index (κ2) is 7.97. The number of H-pyrrole nitrogens is 1. The van der Waals surface area contributed by atoms with E-state index in [1.54, 1.807) is 6.20 Å². The van der Waals surface area contributed by atoms with Gasteiger partial charge in [0.2, 0.25) is 5.91 Å². The summed E-state index contributed by atoms with van der Waals surface area (Å²) in [4.78, 5) is 18.9. The SMILES string of the molecule is O=C(CCC1CCCCC1)NCCCc1ncc[nH]1. The molecule has 1 amide bonds. The third-order valence-electron chi connectivity index (χ3n) is 3.97. The highest BCUT2D eigenvalue weighted by Crippen LogP contribution is 2.27. The largest absolute Gasteiger partial charge is 0.356 e. The Kier molecular flexibility index (Phi) is 5.92. The number of nitrogens with zero attached hydrogens (tertiary/aromatic N) is 1. The molecule has 0 bridgehead atoms. The minimum atomic E-state index is 0.213. The lowest BCUT2D eigenvalue weighted by molar-refractivity contribution is -0.121. The molecule has 106 valence electrons. The average Bonchev–Trinajstić information content (AvgIpc) is 2.96. The fourth-order valence-electron chi connectivity index (χ4n) is 2.82. The van der Waals surface area contributed by atoms with E-state index in [0.29, 0.717) is 6.42 Å². The minimum Gasteiger partial charge on any atom is -0.356 e. The Morgan fingerprint density at radius 1 is 1.37 bits per heavy atom. The van der Waals surface area contributed by atoms with E-state index in [1.165, 1.54) is 32.1 Å². The highest BCUT2D eigenvalue weighted by atomic mass is 16.1. The predicted molar refractivity (Wildman–Crippen MR) is 75.7 cm³/mol. The molecule has 1 aliphatic carbocycles. The van der Waals surface area contributed by atoms with E-state index in [4.69, 9.17) is 0 Å². The number of carbonyl (C=O) groups is 1. The smallest absolute Gasteiger partial charge is 0.220 e. The number of hydrogen-bond donors (Lipinski definition) is 2. The summed E-state index contributed by atoms with van der Waals surface area (Å²) in [6.45, 7) is 0.754. The van der Waals surface area contributed by atoms with Gasteiger partial charge < -0.3 is 10.3 Å². The molecule has 0 unspecified atom stereocenters. The summed E-state index contributed by atoms with van der Waals surface area (Å²) < 4.78 is 0. The van der Waals surface area contributed by atoms with Crippen LogP contribution in [0.5, 0.6) is 0 Å². The zero-order valence-electron chi connectivity index (χ0n) is 11.7. The molecule has 0 aromatic carbocycles. The number of aryl methyl sites for hydroxylation is 1. The average molecular weight is 263 g/mol. The van der Waals surface area contributed by atoms with Crippen molar-refractivity contribution in [3.63, 3.8) is 0 Å². The third-order valence-corrected chi connectivity index (χ3v) is 3.97.